The highest BCUT2D eigenvalue weighted by molar-refractivity contribution is 5.88. The third-order valence-electron chi connectivity index (χ3n) is 5.93. The van der Waals surface area contributed by atoms with E-state index in [9.17, 15) is 9.90 Å². The summed E-state index contributed by atoms with van der Waals surface area (Å²) in [5.41, 5.74) is 10.2. The molecular formula is C21H20N4O3. The summed E-state index contributed by atoms with van der Waals surface area (Å²) in [6.07, 6.45) is 6.01. The number of fused-ring (bicyclic) bond motifs is 1. The van der Waals surface area contributed by atoms with Gasteiger partial charge in [-0.3, -0.25) is 0 Å². The van der Waals surface area contributed by atoms with Gasteiger partial charge in [-0.25, -0.2) is 4.79 Å². The van der Waals surface area contributed by atoms with Crippen molar-refractivity contribution < 1.29 is 14.6 Å². The summed E-state index contributed by atoms with van der Waals surface area (Å²) in [4.78, 5) is 14.7. The first-order valence-electron chi connectivity index (χ1n) is 9.15. The monoisotopic (exact) mass is 376 g/mol. The fourth-order valence-electron chi connectivity index (χ4n) is 4.60. The number of esters is 1. The van der Waals surface area contributed by atoms with Crippen molar-refractivity contribution in [3.05, 3.63) is 47.7 Å². The second kappa shape index (κ2) is 5.65. The van der Waals surface area contributed by atoms with Crippen molar-refractivity contribution in [2.24, 2.45) is 5.73 Å². The number of carbonyl (C=O) groups is 1. The van der Waals surface area contributed by atoms with E-state index in [4.69, 9.17) is 5.73 Å². The van der Waals surface area contributed by atoms with Crippen LogP contribution < -0.4 is 5.73 Å². The van der Waals surface area contributed by atoms with Crippen LogP contribution in [0.3, 0.4) is 0 Å². The second-order valence-electron chi connectivity index (χ2n) is 8.02. The molecule has 0 saturated heterocycles. The molecule has 142 valence electrons. The Kier molecular flexibility index (Phi) is 3.42. The molecule has 7 nitrogen and oxygen atoms in total. The molecule has 3 fully saturated rings. The van der Waals surface area contributed by atoms with Crippen LogP contribution in [0, 0.1) is 0 Å². The van der Waals surface area contributed by atoms with Crippen LogP contribution in [0.15, 0.2) is 36.4 Å². The number of carbonyl (C=O) groups excluding carboxylic acids is 1. The summed E-state index contributed by atoms with van der Waals surface area (Å²) in [6, 6.07) is 9.07. The van der Waals surface area contributed by atoms with E-state index in [1.54, 1.807) is 24.3 Å². The summed E-state index contributed by atoms with van der Waals surface area (Å²) in [7, 11) is 1.32. The number of methoxy groups -OCH3 is 1. The molecule has 2 aromatic heterocycles. The molecule has 6 rings (SSSR count). The zero-order valence-corrected chi connectivity index (χ0v) is 15.4. The van der Waals surface area contributed by atoms with Crippen molar-refractivity contribution in [2.75, 3.05) is 7.11 Å². The lowest BCUT2D eigenvalue weighted by molar-refractivity contribution is -0.134. The van der Waals surface area contributed by atoms with Crippen molar-refractivity contribution in [2.45, 2.75) is 30.2 Å². The van der Waals surface area contributed by atoms with E-state index >= 15 is 0 Å². The molecule has 0 spiro atoms. The van der Waals surface area contributed by atoms with Gasteiger partial charge >= 0.3 is 5.97 Å². The van der Waals surface area contributed by atoms with Crippen molar-refractivity contribution >= 4 is 23.1 Å². The molecule has 0 amide bonds. The van der Waals surface area contributed by atoms with Crippen LogP contribution in [-0.4, -0.2) is 38.9 Å². The van der Waals surface area contributed by atoms with Crippen LogP contribution in [0.4, 0.5) is 0 Å². The van der Waals surface area contributed by atoms with Gasteiger partial charge < -0.3 is 20.6 Å². The number of phenols is 1. The van der Waals surface area contributed by atoms with Crippen LogP contribution in [0.25, 0.3) is 28.4 Å². The predicted molar refractivity (Wildman–Crippen MR) is 104 cm³/mol. The normalized spacial score (nSPS) is 25.5. The second-order valence-corrected chi connectivity index (χ2v) is 8.02. The molecule has 7 heteroatoms. The predicted octanol–water partition coefficient (Wildman–Crippen LogP) is 2.65. The van der Waals surface area contributed by atoms with Crippen molar-refractivity contribution in [3.8, 4) is 17.0 Å². The van der Waals surface area contributed by atoms with E-state index in [0.29, 0.717) is 11.3 Å². The van der Waals surface area contributed by atoms with Gasteiger partial charge in [-0.1, -0.05) is 6.07 Å². The molecule has 3 aliphatic carbocycles. The van der Waals surface area contributed by atoms with Crippen LogP contribution >= 0.6 is 0 Å². The smallest absolute Gasteiger partial charge is 0.330 e. The third-order valence-corrected chi connectivity index (χ3v) is 5.93. The lowest BCUT2D eigenvalue weighted by atomic mass is 9.39. The number of ether oxygens (including phenoxy) is 1. The topological polar surface area (TPSA) is 114 Å². The average molecular weight is 376 g/mol. The van der Waals surface area contributed by atoms with Gasteiger partial charge in [0.15, 0.2) is 5.65 Å². The Morgan fingerprint density at radius 2 is 2.04 bits per heavy atom. The first kappa shape index (κ1) is 16.9. The molecule has 3 saturated carbocycles. The van der Waals surface area contributed by atoms with E-state index in [1.165, 1.54) is 18.9 Å². The number of aromatic nitrogens is 3. The number of aromatic amines is 1. The Labute approximate surface area is 161 Å². The van der Waals surface area contributed by atoms with Crippen LogP contribution in [-0.2, 0) is 14.9 Å². The number of nitrogens with two attached hydrogens (primary N) is 1. The largest absolute Gasteiger partial charge is 0.507 e. The highest BCUT2D eigenvalue weighted by atomic mass is 16.5. The molecule has 2 heterocycles. The van der Waals surface area contributed by atoms with Crippen LogP contribution in [0.5, 0.6) is 5.75 Å². The summed E-state index contributed by atoms with van der Waals surface area (Å²) in [5.74, 6) is -0.340. The molecule has 2 bridgehead atoms. The quantitative estimate of drug-likeness (QED) is 0.476. The lowest BCUT2D eigenvalue weighted by Gasteiger charge is -2.68. The maximum Gasteiger partial charge on any atom is 0.330 e. The molecule has 0 radical (unpaired) electrons. The van der Waals surface area contributed by atoms with Gasteiger partial charge in [-0.05, 0) is 55.2 Å². The van der Waals surface area contributed by atoms with E-state index in [2.05, 4.69) is 26.0 Å². The van der Waals surface area contributed by atoms with Gasteiger partial charge in [0.2, 0.25) is 0 Å². The number of nitrogens with one attached hydrogen (secondary N) is 1. The maximum absolute atomic E-state index is 11.3. The Morgan fingerprint density at radius 3 is 2.75 bits per heavy atom. The summed E-state index contributed by atoms with van der Waals surface area (Å²) in [6.45, 7) is 0. The Morgan fingerprint density at radius 1 is 1.25 bits per heavy atom. The zero-order valence-electron chi connectivity index (χ0n) is 15.4. The molecule has 1 aromatic carbocycles. The molecule has 0 aliphatic heterocycles. The van der Waals surface area contributed by atoms with Gasteiger partial charge in [0, 0.05) is 33.7 Å². The van der Waals surface area contributed by atoms with Crippen LogP contribution in [0.2, 0.25) is 0 Å². The van der Waals surface area contributed by atoms with E-state index in [0.717, 1.165) is 35.9 Å². The SMILES string of the molecule is COC(=O)/C=C/c1ccc(O)c(-c2cc3cc(C45CC(N)(C4)C5)[nH]c3nn2)c1. The Bertz CT molecular complexity index is 1130. The van der Waals surface area contributed by atoms with E-state index < -0.39 is 5.97 Å². The van der Waals surface area contributed by atoms with E-state index in [-0.39, 0.29) is 16.7 Å². The maximum atomic E-state index is 11.3. The Hall–Kier alpha value is -3.19. The molecule has 0 unspecified atom stereocenters. The highest BCUT2D eigenvalue weighted by Gasteiger charge is 2.67. The number of hydrogen-bond donors (Lipinski definition) is 3. The number of aromatic hydroxyl groups is 1. The number of benzene rings is 1. The molecule has 3 aromatic rings. The van der Waals surface area contributed by atoms with Gasteiger partial charge in [0.1, 0.15) is 5.75 Å². The molecule has 0 atom stereocenters. The average Bonchev–Trinajstić information content (AvgIpc) is 3.06. The molecule has 28 heavy (non-hydrogen) atoms. The number of hydrogen-bond acceptors (Lipinski definition) is 6. The summed E-state index contributed by atoms with van der Waals surface area (Å²) in [5, 5.41) is 19.8. The number of nitrogens with zero attached hydrogens (tertiary/aromatic N) is 2. The van der Waals surface area contributed by atoms with Gasteiger partial charge in [-0.15, -0.1) is 10.2 Å². The van der Waals surface area contributed by atoms with Gasteiger partial charge in [0.25, 0.3) is 0 Å². The first-order chi connectivity index (χ1) is 13.4. The van der Waals surface area contributed by atoms with Crippen molar-refractivity contribution in [1.29, 1.82) is 0 Å². The molecule has 3 aliphatic rings. The number of rotatable bonds is 4. The number of H-pyrrole nitrogens is 1. The molecular weight excluding hydrogens is 356 g/mol. The highest BCUT2D eigenvalue weighted by Crippen LogP contribution is 2.66. The standard InChI is InChI=1S/C21H20N4O3/c1-28-18(27)5-3-12-2-4-16(26)14(6-12)15-7-13-8-17(23-19(13)25-24-15)20-9-21(22,10-20)11-20/h2-8,26H,9-11,22H2,1H3,(H,23,25)/b5-3+. The summed E-state index contributed by atoms with van der Waals surface area (Å²) < 4.78 is 4.60. The fourth-order valence-corrected chi connectivity index (χ4v) is 4.60. The third kappa shape index (κ3) is 2.51. The van der Waals surface area contributed by atoms with Crippen LogP contribution in [0.1, 0.15) is 30.5 Å². The lowest BCUT2D eigenvalue weighted by Crippen LogP contribution is -2.74. The summed E-state index contributed by atoms with van der Waals surface area (Å²) >= 11 is 0. The number of phenolic OH excluding ortho intramolecular Hbond substituents is 1. The van der Waals surface area contributed by atoms with Gasteiger partial charge in [-0.2, -0.15) is 0 Å². The van der Waals surface area contributed by atoms with Gasteiger partial charge in [0.05, 0.1) is 12.8 Å². The first-order valence-corrected chi connectivity index (χ1v) is 9.15. The molecule has 4 N–H and O–H groups in total. The van der Waals surface area contributed by atoms with Crippen molar-refractivity contribution in [1.82, 2.24) is 15.2 Å². The van der Waals surface area contributed by atoms with E-state index in [1.807, 2.05) is 6.07 Å². The fraction of sp³-hybridized carbons (Fsp3) is 0.286. The minimum atomic E-state index is -0.441. The zero-order chi connectivity index (χ0) is 19.5. The Balaban J connectivity index is 1.49. The van der Waals surface area contributed by atoms with Crippen molar-refractivity contribution in [3.63, 3.8) is 0 Å². The minimum Gasteiger partial charge on any atom is -0.507 e. The minimum absolute atomic E-state index is 0.0398.